The number of ether oxygens (including phenoxy) is 1. The third-order valence-electron chi connectivity index (χ3n) is 3.93. The molecule has 7 nitrogen and oxygen atoms in total. The van der Waals surface area contributed by atoms with Gasteiger partial charge >= 0.3 is 0 Å². The normalized spacial score (nSPS) is 11.4. The van der Waals surface area contributed by atoms with Gasteiger partial charge in [-0.15, -0.1) is 0 Å². The van der Waals surface area contributed by atoms with Gasteiger partial charge in [-0.1, -0.05) is 12.1 Å². The molecule has 0 amide bonds. The number of anilines is 3. The zero-order valence-corrected chi connectivity index (χ0v) is 14.9. The molecule has 0 unspecified atom stereocenters. The van der Waals surface area contributed by atoms with Crippen LogP contribution in [0.15, 0.2) is 36.5 Å². The van der Waals surface area contributed by atoms with Crippen LogP contribution in [0.1, 0.15) is 19.7 Å². The molecule has 0 aliphatic rings. The summed E-state index contributed by atoms with van der Waals surface area (Å²) in [6.07, 6.45) is 1.85. The Morgan fingerprint density at radius 1 is 1.15 bits per heavy atom. The minimum Gasteiger partial charge on any atom is -0.489 e. The summed E-state index contributed by atoms with van der Waals surface area (Å²) in [6.45, 7) is 5.88. The van der Waals surface area contributed by atoms with E-state index in [4.69, 9.17) is 10.5 Å². The number of aromatic nitrogens is 4. The summed E-state index contributed by atoms with van der Waals surface area (Å²) >= 11 is 0. The highest BCUT2D eigenvalue weighted by Gasteiger charge is 2.10. The minimum absolute atomic E-state index is 0.0674. The Balaban J connectivity index is 1.73. The summed E-state index contributed by atoms with van der Waals surface area (Å²) in [4.78, 5) is 16.6. The molecule has 0 aliphatic carbocycles. The largest absolute Gasteiger partial charge is 0.489 e. The highest BCUT2D eigenvalue weighted by Crippen LogP contribution is 2.28. The molecule has 2 heterocycles. The summed E-state index contributed by atoms with van der Waals surface area (Å²) in [5.74, 6) is 2.04. The van der Waals surface area contributed by atoms with Crippen LogP contribution in [-0.4, -0.2) is 26.0 Å². The maximum atomic E-state index is 6.11. The van der Waals surface area contributed by atoms with Crippen LogP contribution in [0.2, 0.25) is 0 Å². The Hall–Kier alpha value is -3.35. The molecule has 0 aliphatic heterocycles. The van der Waals surface area contributed by atoms with E-state index in [1.807, 2.05) is 51.1 Å². The number of hydrogen-bond acceptors (Lipinski definition) is 6. The number of nitrogens with two attached hydrogens (primary N) is 1. The van der Waals surface area contributed by atoms with Crippen LogP contribution in [0.3, 0.4) is 0 Å². The lowest BCUT2D eigenvalue weighted by Crippen LogP contribution is -2.07. The lowest BCUT2D eigenvalue weighted by Gasteiger charge is -2.12. The van der Waals surface area contributed by atoms with Crippen molar-refractivity contribution in [3.05, 3.63) is 42.4 Å². The Labute approximate surface area is 150 Å². The maximum Gasteiger partial charge on any atom is 0.227 e. The number of aryl methyl sites for hydroxylation is 1. The van der Waals surface area contributed by atoms with Crippen LogP contribution < -0.4 is 15.8 Å². The van der Waals surface area contributed by atoms with Crippen molar-refractivity contribution in [2.24, 2.45) is 0 Å². The second kappa shape index (κ2) is 6.18. The standard InChI is InChI=1S/C19H20N6O/c1-10(2)26-16-6-4-5-12-9-21-19(25-17(12)16)24-13-7-14(20)18-15(8-13)22-11(3)23-18/h4-10H,20H2,1-3H3,(H,22,23)(H,21,24,25). The van der Waals surface area contributed by atoms with Crippen LogP contribution >= 0.6 is 0 Å². The van der Waals surface area contributed by atoms with Crippen LogP contribution in [-0.2, 0) is 0 Å². The molecule has 0 saturated carbocycles. The number of hydrogen-bond donors (Lipinski definition) is 3. The van der Waals surface area contributed by atoms with E-state index in [-0.39, 0.29) is 6.10 Å². The van der Waals surface area contributed by atoms with E-state index in [1.54, 1.807) is 6.20 Å². The third kappa shape index (κ3) is 2.99. The van der Waals surface area contributed by atoms with Gasteiger partial charge in [0.2, 0.25) is 5.95 Å². The number of nitrogens with zero attached hydrogens (tertiary/aromatic N) is 3. The van der Waals surface area contributed by atoms with E-state index in [9.17, 15) is 0 Å². The second-order valence-electron chi connectivity index (χ2n) is 6.46. The zero-order valence-electron chi connectivity index (χ0n) is 14.9. The molecule has 0 bridgehead atoms. The second-order valence-corrected chi connectivity index (χ2v) is 6.46. The van der Waals surface area contributed by atoms with Crippen LogP contribution in [0.25, 0.3) is 21.9 Å². The Morgan fingerprint density at radius 3 is 2.81 bits per heavy atom. The molecule has 7 heteroatoms. The van der Waals surface area contributed by atoms with Crippen molar-refractivity contribution < 1.29 is 4.74 Å². The molecule has 26 heavy (non-hydrogen) atoms. The van der Waals surface area contributed by atoms with Crippen LogP contribution in [0, 0.1) is 6.92 Å². The molecular formula is C19H20N6O. The molecule has 4 N–H and O–H groups in total. The first-order valence-electron chi connectivity index (χ1n) is 8.45. The van der Waals surface area contributed by atoms with Gasteiger partial charge in [0, 0.05) is 17.3 Å². The molecule has 0 fully saturated rings. The van der Waals surface area contributed by atoms with Gasteiger partial charge in [0.25, 0.3) is 0 Å². The summed E-state index contributed by atoms with van der Waals surface area (Å²) < 4.78 is 5.86. The molecule has 0 spiro atoms. The predicted octanol–water partition coefficient (Wildman–Crippen LogP) is 3.93. The number of nitrogens with one attached hydrogen (secondary N) is 2. The zero-order chi connectivity index (χ0) is 18.3. The van der Waals surface area contributed by atoms with Gasteiger partial charge in [-0.2, -0.15) is 0 Å². The average Bonchev–Trinajstić information content (AvgIpc) is 2.96. The van der Waals surface area contributed by atoms with Crippen molar-refractivity contribution in [2.75, 3.05) is 11.1 Å². The number of rotatable bonds is 4. The van der Waals surface area contributed by atoms with Crippen LogP contribution in [0.4, 0.5) is 17.3 Å². The number of benzene rings is 2. The van der Waals surface area contributed by atoms with Crippen molar-refractivity contribution >= 4 is 39.3 Å². The quantitative estimate of drug-likeness (QED) is 0.483. The third-order valence-corrected chi connectivity index (χ3v) is 3.93. The Morgan fingerprint density at radius 2 is 2.00 bits per heavy atom. The summed E-state index contributed by atoms with van der Waals surface area (Å²) in [7, 11) is 0. The maximum absolute atomic E-state index is 6.11. The van der Waals surface area contributed by atoms with E-state index in [2.05, 4.69) is 25.3 Å². The highest BCUT2D eigenvalue weighted by molar-refractivity contribution is 5.91. The fourth-order valence-electron chi connectivity index (χ4n) is 2.91. The molecule has 0 atom stereocenters. The monoisotopic (exact) mass is 348 g/mol. The minimum atomic E-state index is 0.0674. The number of imidazole rings is 1. The SMILES string of the molecule is Cc1nc2c(N)cc(Nc3ncc4cccc(OC(C)C)c4n3)cc2[nH]1. The first-order chi connectivity index (χ1) is 12.5. The average molecular weight is 348 g/mol. The summed E-state index contributed by atoms with van der Waals surface area (Å²) in [6, 6.07) is 9.58. The number of nitrogen functional groups attached to an aromatic ring is 1. The van der Waals surface area contributed by atoms with E-state index in [1.165, 1.54) is 0 Å². The van der Waals surface area contributed by atoms with Gasteiger partial charge < -0.3 is 20.8 Å². The molecular weight excluding hydrogens is 328 g/mol. The molecule has 132 valence electrons. The van der Waals surface area contributed by atoms with Gasteiger partial charge in [-0.3, -0.25) is 0 Å². The van der Waals surface area contributed by atoms with Gasteiger partial charge in [0.05, 0.1) is 17.3 Å². The topological polar surface area (TPSA) is 102 Å². The van der Waals surface area contributed by atoms with Gasteiger partial charge in [-0.05, 0) is 39.0 Å². The van der Waals surface area contributed by atoms with Crippen molar-refractivity contribution in [2.45, 2.75) is 26.9 Å². The fourth-order valence-corrected chi connectivity index (χ4v) is 2.91. The fraction of sp³-hybridized carbons (Fsp3) is 0.211. The van der Waals surface area contributed by atoms with Crippen molar-refractivity contribution in [1.82, 2.24) is 19.9 Å². The molecule has 2 aromatic carbocycles. The van der Waals surface area contributed by atoms with Gasteiger partial charge in [-0.25, -0.2) is 15.0 Å². The smallest absolute Gasteiger partial charge is 0.227 e. The highest BCUT2D eigenvalue weighted by atomic mass is 16.5. The predicted molar refractivity (Wildman–Crippen MR) is 104 cm³/mol. The lowest BCUT2D eigenvalue weighted by atomic mass is 10.2. The van der Waals surface area contributed by atoms with Gasteiger partial charge in [0.15, 0.2) is 0 Å². The van der Waals surface area contributed by atoms with E-state index < -0.39 is 0 Å². The Kier molecular flexibility index (Phi) is 3.84. The first kappa shape index (κ1) is 16.1. The van der Waals surface area contributed by atoms with E-state index in [0.717, 1.165) is 39.2 Å². The molecule has 4 aromatic rings. The molecule has 4 rings (SSSR count). The molecule has 0 radical (unpaired) electrons. The van der Waals surface area contributed by atoms with Crippen molar-refractivity contribution in [1.29, 1.82) is 0 Å². The molecule has 0 saturated heterocycles. The number of aromatic amines is 1. The first-order valence-corrected chi connectivity index (χ1v) is 8.45. The van der Waals surface area contributed by atoms with E-state index >= 15 is 0 Å². The number of H-pyrrole nitrogens is 1. The molecule has 2 aromatic heterocycles. The van der Waals surface area contributed by atoms with Crippen molar-refractivity contribution in [3.8, 4) is 5.75 Å². The van der Waals surface area contributed by atoms with E-state index in [0.29, 0.717) is 11.6 Å². The van der Waals surface area contributed by atoms with Crippen molar-refractivity contribution in [3.63, 3.8) is 0 Å². The summed E-state index contributed by atoms with van der Waals surface area (Å²) in [5.41, 5.74) is 9.90. The number of para-hydroxylation sites is 1. The number of fused-ring (bicyclic) bond motifs is 2. The summed E-state index contributed by atoms with van der Waals surface area (Å²) in [5, 5.41) is 4.14. The lowest BCUT2D eigenvalue weighted by molar-refractivity contribution is 0.245. The van der Waals surface area contributed by atoms with Gasteiger partial charge in [0.1, 0.15) is 22.6 Å². The van der Waals surface area contributed by atoms with Crippen LogP contribution in [0.5, 0.6) is 5.75 Å². The Bertz CT molecular complexity index is 1100.